The Labute approximate surface area is 161 Å². The number of methoxy groups -OCH3 is 1. The predicted molar refractivity (Wildman–Crippen MR) is 99.4 cm³/mol. The molecule has 27 heavy (non-hydrogen) atoms. The van der Waals surface area contributed by atoms with Crippen molar-refractivity contribution in [1.82, 2.24) is 5.32 Å². The summed E-state index contributed by atoms with van der Waals surface area (Å²) < 4.78 is 10.1. The summed E-state index contributed by atoms with van der Waals surface area (Å²) in [5.74, 6) is -1.02. The van der Waals surface area contributed by atoms with Gasteiger partial charge in [-0.1, -0.05) is 23.7 Å². The minimum absolute atomic E-state index is 0.0306. The van der Waals surface area contributed by atoms with Crippen LogP contribution >= 0.6 is 11.6 Å². The van der Waals surface area contributed by atoms with E-state index in [-0.39, 0.29) is 13.0 Å². The van der Waals surface area contributed by atoms with Crippen LogP contribution in [0.15, 0.2) is 48.5 Å². The highest BCUT2D eigenvalue weighted by molar-refractivity contribution is 6.30. The van der Waals surface area contributed by atoms with Gasteiger partial charge in [-0.2, -0.15) is 0 Å². The second kappa shape index (κ2) is 9.59. The Bertz CT molecular complexity index is 806. The first-order valence-corrected chi connectivity index (χ1v) is 8.41. The highest BCUT2D eigenvalue weighted by atomic mass is 35.5. The highest BCUT2D eigenvalue weighted by Crippen LogP contribution is 2.20. The molecule has 1 unspecified atom stereocenters. The third-order valence-corrected chi connectivity index (χ3v) is 3.97. The van der Waals surface area contributed by atoms with E-state index in [1.807, 2.05) is 0 Å². The molecule has 0 aromatic heterocycles. The van der Waals surface area contributed by atoms with E-state index in [0.29, 0.717) is 21.9 Å². The molecular formula is C19H19ClN2O5. The average molecular weight is 391 g/mol. The first kappa shape index (κ1) is 20.3. The fourth-order valence-corrected chi connectivity index (χ4v) is 2.42. The predicted octanol–water partition coefficient (Wildman–Crippen LogP) is 2.24. The molecule has 0 aliphatic carbocycles. The SMILES string of the molecule is COC(=O)CC(NC(=O)COc1ccc(C(N)=O)cc1)c1ccc(Cl)cc1. The lowest BCUT2D eigenvalue weighted by Gasteiger charge is -2.18. The molecule has 0 aliphatic rings. The first-order chi connectivity index (χ1) is 12.9. The number of hydrogen-bond donors (Lipinski definition) is 2. The van der Waals surface area contributed by atoms with Crippen molar-refractivity contribution in [3.63, 3.8) is 0 Å². The summed E-state index contributed by atoms with van der Waals surface area (Å²) >= 11 is 5.88. The van der Waals surface area contributed by atoms with Gasteiger partial charge in [0.2, 0.25) is 5.91 Å². The van der Waals surface area contributed by atoms with Gasteiger partial charge < -0.3 is 20.5 Å². The molecule has 2 rings (SSSR count). The molecule has 2 aromatic rings. The molecular weight excluding hydrogens is 372 g/mol. The van der Waals surface area contributed by atoms with Crippen molar-refractivity contribution in [3.8, 4) is 5.75 Å². The number of hydrogen-bond acceptors (Lipinski definition) is 5. The van der Waals surface area contributed by atoms with E-state index in [2.05, 4.69) is 10.1 Å². The molecule has 0 radical (unpaired) electrons. The van der Waals surface area contributed by atoms with Crippen molar-refractivity contribution >= 4 is 29.4 Å². The summed E-state index contributed by atoms with van der Waals surface area (Å²) in [7, 11) is 1.28. The van der Waals surface area contributed by atoms with Crippen LogP contribution in [0.2, 0.25) is 5.02 Å². The zero-order valence-corrected chi connectivity index (χ0v) is 15.4. The Hall–Kier alpha value is -3.06. The molecule has 3 N–H and O–H groups in total. The van der Waals surface area contributed by atoms with Crippen LogP contribution < -0.4 is 15.8 Å². The van der Waals surface area contributed by atoms with Gasteiger partial charge in [-0.25, -0.2) is 0 Å². The third-order valence-electron chi connectivity index (χ3n) is 3.71. The Kier molecular flexibility index (Phi) is 7.19. The zero-order chi connectivity index (χ0) is 19.8. The number of nitrogens with one attached hydrogen (secondary N) is 1. The largest absolute Gasteiger partial charge is 0.484 e. The van der Waals surface area contributed by atoms with Gasteiger partial charge in [0.05, 0.1) is 19.6 Å². The number of esters is 1. The number of amides is 2. The topological polar surface area (TPSA) is 108 Å². The number of primary amides is 1. The summed E-state index contributed by atoms with van der Waals surface area (Å²) in [6, 6.07) is 12.3. The minimum Gasteiger partial charge on any atom is -0.484 e. The Morgan fingerprint density at radius 3 is 2.26 bits per heavy atom. The molecule has 8 heteroatoms. The second-order valence-electron chi connectivity index (χ2n) is 5.63. The highest BCUT2D eigenvalue weighted by Gasteiger charge is 2.19. The van der Waals surface area contributed by atoms with Gasteiger partial charge in [-0.05, 0) is 42.0 Å². The molecule has 0 saturated heterocycles. The molecule has 0 fully saturated rings. The summed E-state index contributed by atoms with van der Waals surface area (Å²) in [5.41, 5.74) is 6.22. The number of ether oxygens (including phenoxy) is 2. The van der Waals surface area contributed by atoms with E-state index in [1.54, 1.807) is 36.4 Å². The van der Waals surface area contributed by atoms with Crippen LogP contribution in [0.1, 0.15) is 28.4 Å². The summed E-state index contributed by atoms with van der Waals surface area (Å²) in [4.78, 5) is 34.9. The van der Waals surface area contributed by atoms with Gasteiger partial charge >= 0.3 is 5.97 Å². The average Bonchev–Trinajstić information content (AvgIpc) is 2.66. The van der Waals surface area contributed by atoms with E-state index in [1.165, 1.54) is 19.2 Å². The number of rotatable bonds is 8. The van der Waals surface area contributed by atoms with E-state index >= 15 is 0 Å². The van der Waals surface area contributed by atoms with Crippen molar-refractivity contribution < 1.29 is 23.9 Å². The maximum atomic E-state index is 12.2. The van der Waals surface area contributed by atoms with Crippen molar-refractivity contribution in [3.05, 3.63) is 64.7 Å². The summed E-state index contributed by atoms with van der Waals surface area (Å²) in [5, 5.41) is 3.28. The quantitative estimate of drug-likeness (QED) is 0.672. The molecule has 0 bridgehead atoms. The first-order valence-electron chi connectivity index (χ1n) is 8.03. The number of nitrogens with two attached hydrogens (primary N) is 1. The molecule has 0 spiro atoms. The van der Waals surface area contributed by atoms with Gasteiger partial charge in [0.25, 0.3) is 5.91 Å². The van der Waals surface area contributed by atoms with Crippen molar-refractivity contribution in [2.45, 2.75) is 12.5 Å². The van der Waals surface area contributed by atoms with Crippen LogP contribution in [-0.2, 0) is 14.3 Å². The minimum atomic E-state index is -0.581. The van der Waals surface area contributed by atoms with E-state index in [4.69, 9.17) is 22.1 Å². The van der Waals surface area contributed by atoms with Gasteiger partial charge in [0.1, 0.15) is 5.75 Å². The Morgan fingerprint density at radius 1 is 1.07 bits per heavy atom. The van der Waals surface area contributed by atoms with E-state index in [9.17, 15) is 14.4 Å². The van der Waals surface area contributed by atoms with Crippen LogP contribution in [0.25, 0.3) is 0 Å². The van der Waals surface area contributed by atoms with Crippen LogP contribution in [-0.4, -0.2) is 31.5 Å². The van der Waals surface area contributed by atoms with Crippen LogP contribution in [0.5, 0.6) is 5.75 Å². The molecule has 142 valence electrons. The number of halogens is 1. The zero-order valence-electron chi connectivity index (χ0n) is 14.6. The lowest BCUT2D eigenvalue weighted by atomic mass is 10.0. The van der Waals surface area contributed by atoms with E-state index in [0.717, 1.165) is 0 Å². The van der Waals surface area contributed by atoms with Crippen molar-refractivity contribution in [2.75, 3.05) is 13.7 Å². The van der Waals surface area contributed by atoms with Crippen LogP contribution in [0.4, 0.5) is 0 Å². The fourth-order valence-electron chi connectivity index (χ4n) is 2.30. The molecule has 7 nitrogen and oxygen atoms in total. The maximum Gasteiger partial charge on any atom is 0.307 e. The third kappa shape index (κ3) is 6.31. The Morgan fingerprint density at radius 2 is 1.70 bits per heavy atom. The maximum absolute atomic E-state index is 12.2. The van der Waals surface area contributed by atoms with Crippen LogP contribution in [0.3, 0.4) is 0 Å². The summed E-state index contributed by atoms with van der Waals surface area (Å²) in [6.07, 6.45) is -0.0306. The lowest BCUT2D eigenvalue weighted by Crippen LogP contribution is -2.34. The lowest BCUT2D eigenvalue weighted by molar-refractivity contribution is -0.141. The molecule has 0 aliphatic heterocycles. The normalized spacial score (nSPS) is 11.3. The monoisotopic (exact) mass is 390 g/mol. The molecule has 1 atom stereocenters. The van der Waals surface area contributed by atoms with Crippen molar-refractivity contribution in [1.29, 1.82) is 0 Å². The van der Waals surface area contributed by atoms with Gasteiger partial charge in [0, 0.05) is 10.6 Å². The van der Waals surface area contributed by atoms with Gasteiger partial charge in [-0.3, -0.25) is 14.4 Å². The van der Waals surface area contributed by atoms with E-state index < -0.39 is 23.8 Å². The standard InChI is InChI=1S/C19H19ClN2O5/c1-26-18(24)10-16(12-2-6-14(20)7-3-12)22-17(23)11-27-15-8-4-13(5-9-15)19(21)25/h2-9,16H,10-11H2,1H3,(H2,21,25)(H,22,23). The molecule has 2 amide bonds. The van der Waals surface area contributed by atoms with Gasteiger partial charge in [-0.15, -0.1) is 0 Å². The number of carbonyl (C=O) groups excluding carboxylic acids is 3. The number of carbonyl (C=O) groups is 3. The smallest absolute Gasteiger partial charge is 0.307 e. The van der Waals surface area contributed by atoms with Gasteiger partial charge in [0.15, 0.2) is 6.61 Å². The summed E-state index contributed by atoms with van der Waals surface area (Å²) in [6.45, 7) is -0.263. The fraction of sp³-hybridized carbons (Fsp3) is 0.211. The molecule has 2 aromatic carbocycles. The van der Waals surface area contributed by atoms with Crippen LogP contribution in [0, 0.1) is 0 Å². The molecule has 0 saturated carbocycles. The van der Waals surface area contributed by atoms with Crippen molar-refractivity contribution in [2.24, 2.45) is 5.73 Å². The second-order valence-corrected chi connectivity index (χ2v) is 6.07. The molecule has 0 heterocycles. The Balaban J connectivity index is 1.98. The number of benzene rings is 2.